The summed E-state index contributed by atoms with van der Waals surface area (Å²) < 4.78 is 29.7. The number of nitrogens with one attached hydrogen (secondary N) is 1. The first-order chi connectivity index (χ1) is 17.9. The summed E-state index contributed by atoms with van der Waals surface area (Å²) in [4.78, 5) is 31.0. The molecule has 0 aliphatic carbocycles. The number of hydrogen-bond acceptors (Lipinski definition) is 6. The molecular weight excluding hydrogens is 497 g/mol. The molecule has 0 spiro atoms. The predicted octanol–water partition coefficient (Wildman–Crippen LogP) is 5.02. The molecule has 0 radical (unpaired) electrons. The van der Waals surface area contributed by atoms with Crippen LogP contribution in [0.1, 0.15) is 22.4 Å². The molecule has 0 fully saturated rings. The number of aryl methyl sites for hydroxylation is 1. The van der Waals surface area contributed by atoms with Crippen molar-refractivity contribution in [3.8, 4) is 11.5 Å². The van der Waals surface area contributed by atoms with Crippen LogP contribution in [0.2, 0.25) is 0 Å². The highest BCUT2D eigenvalue weighted by atomic mass is 32.1. The quantitative estimate of drug-likeness (QED) is 0.354. The maximum absolute atomic E-state index is 13.6. The summed E-state index contributed by atoms with van der Waals surface area (Å²) in [7, 11) is 1.58. The Kier molecular flexibility index (Phi) is 8.97. The minimum atomic E-state index is -0.481. The van der Waals surface area contributed by atoms with Crippen molar-refractivity contribution in [1.82, 2.24) is 9.80 Å². The number of fused-ring (bicyclic) bond motifs is 1. The molecular formula is C27H30FN3O5S. The van der Waals surface area contributed by atoms with E-state index in [0.29, 0.717) is 49.8 Å². The molecule has 196 valence electrons. The van der Waals surface area contributed by atoms with Gasteiger partial charge < -0.3 is 29.3 Å². The molecule has 0 unspecified atom stereocenters. The summed E-state index contributed by atoms with van der Waals surface area (Å²) in [5.74, 6) is 0.653. The normalized spacial score (nSPS) is 11.9. The van der Waals surface area contributed by atoms with Gasteiger partial charge >= 0.3 is 6.03 Å². The highest BCUT2D eigenvalue weighted by molar-refractivity contribution is 7.10. The fraction of sp³-hybridized carbons (Fsp3) is 0.333. The van der Waals surface area contributed by atoms with E-state index in [1.807, 2.05) is 36.6 Å². The number of amides is 3. The van der Waals surface area contributed by atoms with Crippen molar-refractivity contribution in [2.45, 2.75) is 26.4 Å². The van der Waals surface area contributed by atoms with Crippen LogP contribution in [0.3, 0.4) is 0 Å². The molecule has 1 aliphatic heterocycles. The van der Waals surface area contributed by atoms with Gasteiger partial charge in [0.25, 0.3) is 0 Å². The topological polar surface area (TPSA) is 80.3 Å². The molecule has 0 saturated carbocycles. The molecule has 1 aromatic heterocycles. The number of hydrogen-bond donors (Lipinski definition) is 1. The number of carbonyl (C=O) groups excluding carboxylic acids is 2. The van der Waals surface area contributed by atoms with Gasteiger partial charge in [0, 0.05) is 37.4 Å². The van der Waals surface area contributed by atoms with Gasteiger partial charge in [-0.2, -0.15) is 0 Å². The Bertz CT molecular complexity index is 1230. The summed E-state index contributed by atoms with van der Waals surface area (Å²) in [6.45, 7) is 3.54. The van der Waals surface area contributed by atoms with E-state index in [4.69, 9.17) is 14.2 Å². The zero-order valence-electron chi connectivity index (χ0n) is 20.9. The SMILES string of the molecule is COCCCN(CC(=O)N(Cc1ccc2c(c1)OCO2)Cc1sccc1C)C(=O)Nc1cccc(F)c1. The summed E-state index contributed by atoms with van der Waals surface area (Å²) >= 11 is 1.59. The lowest BCUT2D eigenvalue weighted by Gasteiger charge is -2.28. The Morgan fingerprint density at radius 3 is 2.68 bits per heavy atom. The molecule has 0 saturated heterocycles. The van der Waals surface area contributed by atoms with Gasteiger partial charge in [-0.05, 0) is 66.2 Å². The van der Waals surface area contributed by atoms with Crippen molar-refractivity contribution in [2.75, 3.05) is 38.9 Å². The first-order valence-electron chi connectivity index (χ1n) is 11.9. The Hall–Kier alpha value is -3.63. The molecule has 2 heterocycles. The molecule has 1 N–H and O–H groups in total. The lowest BCUT2D eigenvalue weighted by atomic mass is 10.1. The Balaban J connectivity index is 1.52. The van der Waals surface area contributed by atoms with Gasteiger partial charge in [0.15, 0.2) is 11.5 Å². The van der Waals surface area contributed by atoms with Crippen LogP contribution in [-0.4, -0.2) is 55.3 Å². The van der Waals surface area contributed by atoms with Crippen molar-refractivity contribution < 1.29 is 28.2 Å². The molecule has 10 heteroatoms. The molecule has 1 aliphatic rings. The fourth-order valence-corrected chi connectivity index (χ4v) is 4.84. The van der Waals surface area contributed by atoms with Crippen molar-refractivity contribution in [3.05, 3.63) is 75.7 Å². The molecule has 0 atom stereocenters. The van der Waals surface area contributed by atoms with Crippen LogP contribution in [0.25, 0.3) is 0 Å². The molecule has 4 rings (SSSR count). The number of rotatable bonds is 11. The third kappa shape index (κ3) is 7.21. The van der Waals surface area contributed by atoms with Crippen molar-refractivity contribution in [3.63, 3.8) is 0 Å². The Morgan fingerprint density at radius 2 is 1.92 bits per heavy atom. The average Bonchev–Trinajstić information content (AvgIpc) is 3.51. The standard InChI is InChI=1S/C27H30FN3O5S/c1-19-9-12-37-25(19)16-31(15-20-7-8-23-24(13-20)36-18-35-23)26(32)17-30(10-4-11-34-2)27(33)29-22-6-3-5-21(28)14-22/h3,5-9,12-14H,4,10-11,15-18H2,1-2H3,(H,29,33). The predicted molar refractivity (Wildman–Crippen MR) is 139 cm³/mol. The van der Waals surface area contributed by atoms with Gasteiger partial charge in [-0.15, -0.1) is 11.3 Å². The van der Waals surface area contributed by atoms with E-state index in [2.05, 4.69) is 5.32 Å². The molecule has 3 amide bonds. The van der Waals surface area contributed by atoms with Crippen LogP contribution in [0.15, 0.2) is 53.9 Å². The number of anilines is 1. The smallest absolute Gasteiger partial charge is 0.322 e. The molecule has 37 heavy (non-hydrogen) atoms. The van der Waals surface area contributed by atoms with Gasteiger partial charge in [0.1, 0.15) is 12.4 Å². The zero-order chi connectivity index (χ0) is 26.2. The van der Waals surface area contributed by atoms with Crippen LogP contribution in [0.5, 0.6) is 11.5 Å². The molecule has 0 bridgehead atoms. The van der Waals surface area contributed by atoms with E-state index < -0.39 is 11.8 Å². The molecule has 3 aromatic rings. The van der Waals surface area contributed by atoms with Crippen LogP contribution >= 0.6 is 11.3 Å². The number of halogens is 1. The fourth-order valence-electron chi connectivity index (χ4n) is 3.92. The lowest BCUT2D eigenvalue weighted by Crippen LogP contribution is -2.44. The average molecular weight is 528 g/mol. The Labute approximate surface area is 219 Å². The lowest BCUT2D eigenvalue weighted by molar-refractivity contribution is -0.133. The second kappa shape index (κ2) is 12.6. The third-order valence-electron chi connectivity index (χ3n) is 5.93. The first kappa shape index (κ1) is 26.4. The second-order valence-electron chi connectivity index (χ2n) is 8.67. The van der Waals surface area contributed by atoms with E-state index in [-0.39, 0.29) is 19.2 Å². The van der Waals surface area contributed by atoms with Crippen LogP contribution in [0.4, 0.5) is 14.9 Å². The van der Waals surface area contributed by atoms with Crippen molar-refractivity contribution in [2.24, 2.45) is 0 Å². The number of carbonyl (C=O) groups is 2. The van der Waals surface area contributed by atoms with E-state index in [1.54, 1.807) is 29.4 Å². The second-order valence-corrected chi connectivity index (χ2v) is 9.67. The largest absolute Gasteiger partial charge is 0.454 e. The van der Waals surface area contributed by atoms with Gasteiger partial charge in [-0.25, -0.2) is 9.18 Å². The van der Waals surface area contributed by atoms with E-state index in [9.17, 15) is 14.0 Å². The van der Waals surface area contributed by atoms with E-state index in [0.717, 1.165) is 16.0 Å². The van der Waals surface area contributed by atoms with E-state index >= 15 is 0 Å². The summed E-state index contributed by atoms with van der Waals surface area (Å²) in [5.41, 5.74) is 2.32. The van der Waals surface area contributed by atoms with Gasteiger partial charge in [0.05, 0.1) is 6.54 Å². The Morgan fingerprint density at radius 1 is 1.08 bits per heavy atom. The summed E-state index contributed by atoms with van der Waals surface area (Å²) in [5, 5.41) is 4.69. The summed E-state index contributed by atoms with van der Waals surface area (Å²) in [6, 6.07) is 12.8. The highest BCUT2D eigenvalue weighted by Crippen LogP contribution is 2.33. The number of benzene rings is 2. The van der Waals surface area contributed by atoms with Crippen molar-refractivity contribution >= 4 is 29.0 Å². The van der Waals surface area contributed by atoms with Gasteiger partial charge in [-0.1, -0.05) is 12.1 Å². The van der Waals surface area contributed by atoms with Crippen LogP contribution < -0.4 is 14.8 Å². The van der Waals surface area contributed by atoms with Crippen LogP contribution in [0, 0.1) is 12.7 Å². The summed E-state index contributed by atoms with van der Waals surface area (Å²) in [6.07, 6.45) is 0.548. The van der Waals surface area contributed by atoms with E-state index in [1.165, 1.54) is 23.1 Å². The first-order valence-corrected chi connectivity index (χ1v) is 12.8. The molecule has 2 aromatic carbocycles. The number of ether oxygens (including phenoxy) is 3. The minimum Gasteiger partial charge on any atom is -0.454 e. The number of urea groups is 1. The highest BCUT2D eigenvalue weighted by Gasteiger charge is 2.24. The van der Waals surface area contributed by atoms with Crippen molar-refractivity contribution in [1.29, 1.82) is 0 Å². The monoisotopic (exact) mass is 527 g/mol. The third-order valence-corrected chi connectivity index (χ3v) is 6.94. The maximum Gasteiger partial charge on any atom is 0.322 e. The van der Waals surface area contributed by atoms with Gasteiger partial charge in [0.2, 0.25) is 12.7 Å². The minimum absolute atomic E-state index is 0.139. The van der Waals surface area contributed by atoms with Gasteiger partial charge in [-0.3, -0.25) is 4.79 Å². The molecule has 8 nitrogen and oxygen atoms in total. The number of nitrogens with zero attached hydrogens (tertiary/aromatic N) is 2. The number of methoxy groups -OCH3 is 1. The number of thiophene rings is 1. The maximum atomic E-state index is 13.6. The zero-order valence-corrected chi connectivity index (χ0v) is 21.7. The van der Waals surface area contributed by atoms with Crippen LogP contribution in [-0.2, 0) is 22.6 Å².